The molecule has 11 rings (SSSR count). The zero-order chi connectivity index (χ0) is 34.1. The lowest BCUT2D eigenvalue weighted by Gasteiger charge is -2.13. The molecule has 8 aromatic carbocycles. The standard InChI is InChI=1S/C46H28N2.C3H6/c1-2-12-32(13-3-1)47-43-20-9-7-17-37(43)40-26-29(22-24-44(40)47)30-21-23-38-36-16-6-8-19-42(36)48(45(38)27-30)33-25-31-11-10-18-39-34-14-4-5-15-35(34)41(28-33)46(31)39;1-3-2/h1-28H;3H,1H2,2H3. The predicted molar refractivity (Wildman–Crippen MR) is 218 cm³/mol. The second-order valence-corrected chi connectivity index (χ2v) is 13.4. The molecule has 0 bridgehead atoms. The summed E-state index contributed by atoms with van der Waals surface area (Å²) in [5, 5.41) is 7.69. The molecule has 2 heterocycles. The zero-order valence-corrected chi connectivity index (χ0v) is 28.3. The summed E-state index contributed by atoms with van der Waals surface area (Å²) in [7, 11) is 0. The van der Waals surface area contributed by atoms with Crippen LogP contribution in [0.3, 0.4) is 0 Å². The molecule has 0 radical (unpaired) electrons. The summed E-state index contributed by atoms with van der Waals surface area (Å²) < 4.78 is 4.85. The largest absolute Gasteiger partial charge is 0.309 e. The molecule has 240 valence electrons. The molecule has 0 N–H and O–H groups in total. The van der Waals surface area contributed by atoms with Crippen molar-refractivity contribution < 1.29 is 0 Å². The van der Waals surface area contributed by atoms with Crippen LogP contribution < -0.4 is 0 Å². The molecule has 0 unspecified atom stereocenters. The van der Waals surface area contributed by atoms with Crippen molar-refractivity contribution >= 4 is 54.4 Å². The van der Waals surface area contributed by atoms with Gasteiger partial charge in [0.1, 0.15) is 0 Å². The summed E-state index contributed by atoms with van der Waals surface area (Å²) in [5.41, 5.74) is 15.0. The first-order valence-electron chi connectivity index (χ1n) is 17.6. The molecule has 2 heteroatoms. The summed E-state index contributed by atoms with van der Waals surface area (Å²) in [4.78, 5) is 0. The Balaban J connectivity index is 0.00000106. The number of hydrogen-bond acceptors (Lipinski definition) is 0. The number of benzene rings is 8. The molecular formula is C49H34N2. The SMILES string of the molecule is C=CC.c1ccc(-n2c3ccccc3c3cc(-c4ccc5c6ccccc6n(-c6cc7c8c(cccc8c6)-c6ccccc6-7)c5c4)ccc32)cc1. The fourth-order valence-corrected chi connectivity index (χ4v) is 8.37. The lowest BCUT2D eigenvalue weighted by Crippen LogP contribution is -1.95. The third-order valence-electron chi connectivity index (χ3n) is 10.4. The molecule has 0 saturated heterocycles. The van der Waals surface area contributed by atoms with Crippen LogP contribution in [0.4, 0.5) is 0 Å². The molecule has 51 heavy (non-hydrogen) atoms. The van der Waals surface area contributed by atoms with E-state index in [4.69, 9.17) is 0 Å². The van der Waals surface area contributed by atoms with E-state index in [1.165, 1.54) is 99.1 Å². The average molecular weight is 651 g/mol. The fraction of sp³-hybridized carbons (Fsp3) is 0.0204. The van der Waals surface area contributed by atoms with E-state index in [1.54, 1.807) is 6.08 Å². The average Bonchev–Trinajstić information content (AvgIpc) is 3.81. The van der Waals surface area contributed by atoms with Gasteiger partial charge in [0.2, 0.25) is 0 Å². The molecule has 1 aliphatic carbocycles. The Hall–Kier alpha value is -6.64. The number of rotatable bonds is 3. The number of para-hydroxylation sites is 3. The zero-order valence-electron chi connectivity index (χ0n) is 28.3. The first kappa shape index (κ1) is 29.3. The van der Waals surface area contributed by atoms with Gasteiger partial charge in [0.25, 0.3) is 0 Å². The Labute approximate surface area is 296 Å². The Bertz CT molecular complexity index is 2990. The van der Waals surface area contributed by atoms with Gasteiger partial charge in [-0.3, -0.25) is 0 Å². The van der Waals surface area contributed by atoms with Gasteiger partial charge in [0.15, 0.2) is 0 Å². The summed E-state index contributed by atoms with van der Waals surface area (Å²) in [6.07, 6.45) is 1.75. The quantitative estimate of drug-likeness (QED) is 0.168. The summed E-state index contributed by atoms with van der Waals surface area (Å²) >= 11 is 0. The van der Waals surface area contributed by atoms with Crippen molar-refractivity contribution in [3.8, 4) is 44.8 Å². The maximum atomic E-state index is 3.36. The Morgan fingerprint density at radius 2 is 0.941 bits per heavy atom. The van der Waals surface area contributed by atoms with E-state index < -0.39 is 0 Å². The molecule has 10 aromatic rings. The minimum atomic E-state index is 1.18. The van der Waals surface area contributed by atoms with E-state index in [1.807, 2.05) is 6.92 Å². The van der Waals surface area contributed by atoms with Gasteiger partial charge in [-0.1, -0.05) is 121 Å². The van der Waals surface area contributed by atoms with Gasteiger partial charge in [0, 0.05) is 32.9 Å². The first-order chi connectivity index (χ1) is 25.2. The van der Waals surface area contributed by atoms with Gasteiger partial charge in [-0.25, -0.2) is 0 Å². The highest BCUT2D eigenvalue weighted by atomic mass is 15.0. The molecule has 0 atom stereocenters. The molecule has 2 nitrogen and oxygen atoms in total. The van der Waals surface area contributed by atoms with Crippen LogP contribution in [0, 0.1) is 0 Å². The Morgan fingerprint density at radius 1 is 0.392 bits per heavy atom. The van der Waals surface area contributed by atoms with E-state index in [0.717, 1.165) is 0 Å². The van der Waals surface area contributed by atoms with Gasteiger partial charge in [-0.05, 0) is 106 Å². The molecule has 0 spiro atoms. The predicted octanol–water partition coefficient (Wildman–Crippen LogP) is 13.5. The topological polar surface area (TPSA) is 9.86 Å². The second kappa shape index (κ2) is 11.5. The Kier molecular flexibility index (Phi) is 6.59. The van der Waals surface area contributed by atoms with Gasteiger partial charge < -0.3 is 9.13 Å². The molecule has 0 saturated carbocycles. The van der Waals surface area contributed by atoms with Crippen LogP contribution in [-0.2, 0) is 0 Å². The molecule has 0 aliphatic heterocycles. The van der Waals surface area contributed by atoms with Crippen molar-refractivity contribution in [2.75, 3.05) is 0 Å². The third kappa shape index (κ3) is 4.36. The van der Waals surface area contributed by atoms with Crippen LogP contribution in [-0.4, -0.2) is 9.13 Å². The van der Waals surface area contributed by atoms with E-state index in [0.29, 0.717) is 0 Å². The number of fused-ring (bicyclic) bond motifs is 9. The minimum Gasteiger partial charge on any atom is -0.309 e. The van der Waals surface area contributed by atoms with E-state index >= 15 is 0 Å². The summed E-state index contributed by atoms with van der Waals surface area (Å²) in [6.45, 7) is 5.25. The van der Waals surface area contributed by atoms with E-state index in [2.05, 4.69) is 186 Å². The number of nitrogens with zero attached hydrogens (tertiary/aromatic N) is 2. The maximum absolute atomic E-state index is 3.36. The second-order valence-electron chi connectivity index (χ2n) is 13.4. The van der Waals surface area contributed by atoms with E-state index in [-0.39, 0.29) is 0 Å². The van der Waals surface area contributed by atoms with Crippen LogP contribution in [0.5, 0.6) is 0 Å². The molecule has 1 aliphatic rings. The van der Waals surface area contributed by atoms with Crippen molar-refractivity contribution in [1.29, 1.82) is 0 Å². The lowest BCUT2D eigenvalue weighted by molar-refractivity contribution is 1.18. The highest BCUT2D eigenvalue weighted by molar-refractivity contribution is 6.17. The van der Waals surface area contributed by atoms with Crippen molar-refractivity contribution in [2.45, 2.75) is 6.92 Å². The number of aromatic nitrogens is 2. The number of hydrogen-bond donors (Lipinski definition) is 0. The van der Waals surface area contributed by atoms with Crippen LogP contribution >= 0.6 is 0 Å². The minimum absolute atomic E-state index is 1.18. The van der Waals surface area contributed by atoms with E-state index in [9.17, 15) is 0 Å². The normalized spacial score (nSPS) is 11.7. The van der Waals surface area contributed by atoms with Crippen molar-refractivity contribution in [3.05, 3.63) is 183 Å². The van der Waals surface area contributed by atoms with Gasteiger partial charge in [-0.2, -0.15) is 0 Å². The van der Waals surface area contributed by atoms with Gasteiger partial charge in [-0.15, -0.1) is 6.58 Å². The molecule has 2 aromatic heterocycles. The molecular weight excluding hydrogens is 617 g/mol. The van der Waals surface area contributed by atoms with Crippen molar-refractivity contribution in [1.82, 2.24) is 9.13 Å². The summed E-state index contributed by atoms with van der Waals surface area (Å²) in [6, 6.07) is 62.5. The molecule has 0 amide bonds. The lowest BCUT2D eigenvalue weighted by atomic mass is 10.0. The molecule has 0 fully saturated rings. The highest BCUT2D eigenvalue weighted by Gasteiger charge is 2.23. The van der Waals surface area contributed by atoms with Gasteiger partial charge >= 0.3 is 0 Å². The number of allylic oxidation sites excluding steroid dienone is 1. The Morgan fingerprint density at radius 3 is 1.71 bits per heavy atom. The van der Waals surface area contributed by atoms with Gasteiger partial charge in [0.05, 0.1) is 22.1 Å². The highest BCUT2D eigenvalue weighted by Crippen LogP contribution is 2.48. The third-order valence-corrected chi connectivity index (χ3v) is 10.4. The van der Waals surface area contributed by atoms with Crippen molar-refractivity contribution in [2.24, 2.45) is 0 Å². The summed E-state index contributed by atoms with van der Waals surface area (Å²) in [5.74, 6) is 0. The van der Waals surface area contributed by atoms with Crippen LogP contribution in [0.15, 0.2) is 183 Å². The first-order valence-corrected chi connectivity index (χ1v) is 17.6. The van der Waals surface area contributed by atoms with Crippen molar-refractivity contribution in [3.63, 3.8) is 0 Å². The smallest absolute Gasteiger partial charge is 0.0547 e. The van der Waals surface area contributed by atoms with Crippen LogP contribution in [0.2, 0.25) is 0 Å². The monoisotopic (exact) mass is 650 g/mol. The van der Waals surface area contributed by atoms with Crippen LogP contribution in [0.25, 0.3) is 99.1 Å². The fourth-order valence-electron chi connectivity index (χ4n) is 8.37. The van der Waals surface area contributed by atoms with Crippen LogP contribution in [0.1, 0.15) is 6.92 Å². The maximum Gasteiger partial charge on any atom is 0.0547 e.